The molecule has 2 aromatic carbocycles. The summed E-state index contributed by atoms with van der Waals surface area (Å²) in [4.78, 5) is 11.8. The minimum Gasteiger partial charge on any atom is -0.267 e. The average molecular weight is 461 g/mol. The third kappa shape index (κ3) is 4.34. The molecule has 2 rings (SSSR count). The summed E-state index contributed by atoms with van der Waals surface area (Å²) in [5.74, 6) is -0.905. The molecule has 0 radical (unpaired) electrons. The molecule has 21 heavy (non-hydrogen) atoms. The third-order valence-electron chi connectivity index (χ3n) is 2.81. The van der Waals surface area contributed by atoms with Gasteiger partial charge in [-0.15, -0.1) is 0 Å². The van der Waals surface area contributed by atoms with Crippen LogP contribution in [0, 0.1) is 16.3 Å². The number of nitrogens with zero attached hydrogens (tertiary/aromatic N) is 1. The number of hydrogen-bond donors (Lipinski definition) is 1. The maximum Gasteiger partial charge on any atom is 0.271 e. The van der Waals surface area contributed by atoms with Gasteiger partial charge in [0.05, 0.1) is 6.21 Å². The van der Waals surface area contributed by atoms with Crippen molar-refractivity contribution in [2.45, 2.75) is 6.92 Å². The van der Waals surface area contributed by atoms with E-state index < -0.39 is 11.7 Å². The molecule has 3 nitrogen and oxygen atoms in total. The lowest BCUT2D eigenvalue weighted by atomic mass is 10.1. The number of carbonyl (C=O) groups is 1. The summed E-state index contributed by atoms with van der Waals surface area (Å²) in [5, 5.41) is 3.92. The van der Waals surface area contributed by atoms with Gasteiger partial charge >= 0.3 is 0 Å². The molecule has 6 heteroatoms. The van der Waals surface area contributed by atoms with Crippen molar-refractivity contribution in [3.05, 3.63) is 66.9 Å². The van der Waals surface area contributed by atoms with E-state index in [4.69, 9.17) is 0 Å². The Balaban J connectivity index is 2.11. The van der Waals surface area contributed by atoms with Crippen LogP contribution in [0.3, 0.4) is 0 Å². The molecule has 0 aliphatic carbocycles. The molecule has 2 aromatic rings. The summed E-state index contributed by atoms with van der Waals surface area (Å²) in [7, 11) is 0. The molecule has 0 unspecified atom stereocenters. The first-order valence-corrected chi connectivity index (χ1v) is 7.89. The number of nitrogens with one attached hydrogen (secondary N) is 1. The van der Waals surface area contributed by atoms with Crippen molar-refractivity contribution in [2.24, 2.45) is 5.10 Å². The van der Waals surface area contributed by atoms with Crippen LogP contribution in [-0.4, -0.2) is 12.1 Å². The van der Waals surface area contributed by atoms with E-state index in [1.165, 1.54) is 18.2 Å². The van der Waals surface area contributed by atoms with Gasteiger partial charge in [0, 0.05) is 13.6 Å². The molecule has 0 aromatic heterocycles. The zero-order valence-corrected chi connectivity index (χ0v) is 14.8. The third-order valence-corrected chi connectivity index (χ3v) is 4.38. The molecule has 0 aliphatic heterocycles. The van der Waals surface area contributed by atoms with E-state index in [-0.39, 0.29) is 5.56 Å². The highest BCUT2D eigenvalue weighted by molar-refractivity contribution is 14.1. The zero-order chi connectivity index (χ0) is 15.4. The monoisotopic (exact) mass is 460 g/mol. The fourth-order valence-corrected chi connectivity index (χ4v) is 3.20. The molecule has 0 fully saturated rings. The maximum atomic E-state index is 13.0. The Morgan fingerprint density at radius 1 is 1.38 bits per heavy atom. The van der Waals surface area contributed by atoms with Gasteiger partial charge in [-0.3, -0.25) is 4.79 Å². The Morgan fingerprint density at radius 2 is 2.14 bits per heavy atom. The first-order chi connectivity index (χ1) is 9.97. The first kappa shape index (κ1) is 16.1. The molecule has 0 saturated carbocycles. The number of hydrogen-bond acceptors (Lipinski definition) is 2. The van der Waals surface area contributed by atoms with Crippen molar-refractivity contribution in [2.75, 3.05) is 0 Å². The van der Waals surface area contributed by atoms with Crippen LogP contribution in [0.25, 0.3) is 0 Å². The van der Waals surface area contributed by atoms with E-state index in [1.54, 1.807) is 6.21 Å². The minimum atomic E-state index is -0.455. The Kier molecular flexibility index (Phi) is 5.46. The maximum absolute atomic E-state index is 13.0. The number of hydrazone groups is 1. The summed E-state index contributed by atoms with van der Waals surface area (Å²) in [6.45, 7) is 1.98. The van der Waals surface area contributed by atoms with Gasteiger partial charge in [-0.2, -0.15) is 5.10 Å². The molecule has 108 valence electrons. The van der Waals surface area contributed by atoms with Gasteiger partial charge in [-0.05, 0) is 71.0 Å². The predicted octanol–water partition coefficient (Wildman–Crippen LogP) is 4.27. The van der Waals surface area contributed by atoms with E-state index in [1.807, 2.05) is 19.1 Å². The van der Waals surface area contributed by atoms with Gasteiger partial charge in [0.1, 0.15) is 5.82 Å². The lowest BCUT2D eigenvalue weighted by molar-refractivity contribution is 0.0954. The van der Waals surface area contributed by atoms with Gasteiger partial charge in [0.15, 0.2) is 0 Å². The largest absolute Gasteiger partial charge is 0.271 e. The van der Waals surface area contributed by atoms with Crippen molar-refractivity contribution in [3.8, 4) is 0 Å². The number of rotatable bonds is 3. The van der Waals surface area contributed by atoms with E-state index in [9.17, 15) is 9.18 Å². The van der Waals surface area contributed by atoms with Gasteiger partial charge in [-0.1, -0.05) is 22.0 Å². The number of benzene rings is 2. The minimum absolute atomic E-state index is 0.229. The van der Waals surface area contributed by atoms with Crippen LogP contribution in [0.1, 0.15) is 21.5 Å². The first-order valence-electron chi connectivity index (χ1n) is 6.02. The summed E-state index contributed by atoms with van der Waals surface area (Å²) in [5.41, 5.74) is 4.58. The second kappa shape index (κ2) is 7.13. The van der Waals surface area contributed by atoms with E-state index in [0.717, 1.165) is 25.2 Å². The molecule has 0 spiro atoms. The standard InChI is InChI=1S/C15H11BrFIN2O/c1-9-11(5-12(16)7-14(9)18)8-19-20-15(21)10-3-2-4-13(17)6-10/h2-8H,1H3,(H,20,21)/b19-8+. The quantitative estimate of drug-likeness (QED) is 0.415. The number of carbonyl (C=O) groups excluding carboxylic acids is 1. The molecular weight excluding hydrogens is 450 g/mol. The Bertz CT molecular complexity index is 719. The summed E-state index contributed by atoms with van der Waals surface area (Å²) < 4.78 is 15.1. The van der Waals surface area contributed by atoms with Crippen molar-refractivity contribution >= 4 is 50.6 Å². The molecule has 0 bridgehead atoms. The zero-order valence-electron chi connectivity index (χ0n) is 11.0. The second-order valence-electron chi connectivity index (χ2n) is 4.31. The number of amides is 1. The molecule has 1 amide bonds. The SMILES string of the molecule is Cc1c(I)cc(Br)cc1/C=N/NC(=O)c1cccc(F)c1. The van der Waals surface area contributed by atoms with Crippen molar-refractivity contribution in [3.63, 3.8) is 0 Å². The van der Waals surface area contributed by atoms with Crippen LogP contribution in [0.4, 0.5) is 4.39 Å². The molecule has 0 heterocycles. The molecule has 0 saturated heterocycles. The highest BCUT2D eigenvalue weighted by atomic mass is 127. The Labute approximate surface area is 143 Å². The topological polar surface area (TPSA) is 41.5 Å². The summed E-state index contributed by atoms with van der Waals surface area (Å²) in [6, 6.07) is 9.37. The number of halogens is 3. The molecule has 0 atom stereocenters. The molecule has 0 aliphatic rings. The Morgan fingerprint density at radius 3 is 2.86 bits per heavy atom. The van der Waals surface area contributed by atoms with Gasteiger partial charge in [0.2, 0.25) is 0 Å². The smallest absolute Gasteiger partial charge is 0.267 e. The van der Waals surface area contributed by atoms with Crippen molar-refractivity contribution in [1.29, 1.82) is 0 Å². The van der Waals surface area contributed by atoms with Crippen LogP contribution < -0.4 is 5.43 Å². The van der Waals surface area contributed by atoms with Gasteiger partial charge in [0.25, 0.3) is 5.91 Å². The summed E-state index contributed by atoms with van der Waals surface area (Å²) in [6.07, 6.45) is 1.57. The van der Waals surface area contributed by atoms with E-state index in [0.29, 0.717) is 0 Å². The van der Waals surface area contributed by atoms with E-state index >= 15 is 0 Å². The normalized spacial score (nSPS) is 10.9. The lowest BCUT2D eigenvalue weighted by Gasteiger charge is -2.04. The Hall–Kier alpha value is -1.28. The van der Waals surface area contributed by atoms with Crippen LogP contribution in [0.15, 0.2) is 46.0 Å². The van der Waals surface area contributed by atoms with Crippen LogP contribution in [-0.2, 0) is 0 Å². The fraction of sp³-hybridized carbons (Fsp3) is 0.0667. The lowest BCUT2D eigenvalue weighted by Crippen LogP contribution is -2.17. The summed E-state index contributed by atoms with van der Waals surface area (Å²) >= 11 is 5.65. The van der Waals surface area contributed by atoms with Crippen LogP contribution in [0.5, 0.6) is 0 Å². The second-order valence-corrected chi connectivity index (χ2v) is 6.39. The van der Waals surface area contributed by atoms with Crippen molar-refractivity contribution in [1.82, 2.24) is 5.43 Å². The van der Waals surface area contributed by atoms with Gasteiger partial charge in [-0.25, -0.2) is 9.82 Å². The van der Waals surface area contributed by atoms with E-state index in [2.05, 4.69) is 49.0 Å². The van der Waals surface area contributed by atoms with Crippen LogP contribution in [0.2, 0.25) is 0 Å². The predicted molar refractivity (Wildman–Crippen MR) is 93.1 cm³/mol. The highest BCUT2D eigenvalue weighted by Crippen LogP contribution is 2.21. The van der Waals surface area contributed by atoms with Crippen molar-refractivity contribution < 1.29 is 9.18 Å². The van der Waals surface area contributed by atoms with Gasteiger partial charge < -0.3 is 0 Å². The molecular formula is C15H11BrFIN2O. The highest BCUT2D eigenvalue weighted by Gasteiger charge is 2.05. The average Bonchev–Trinajstić information content (AvgIpc) is 2.43. The molecule has 1 N–H and O–H groups in total. The van der Waals surface area contributed by atoms with Crippen LogP contribution >= 0.6 is 38.5 Å². The fourth-order valence-electron chi connectivity index (χ4n) is 1.65.